The number of alkyl halides is 6. The van der Waals surface area contributed by atoms with Gasteiger partial charge in [0.25, 0.3) is 5.91 Å². The fourth-order valence-corrected chi connectivity index (χ4v) is 3.85. The first-order chi connectivity index (χ1) is 14.3. The summed E-state index contributed by atoms with van der Waals surface area (Å²) in [4.78, 5) is 15.8. The quantitative estimate of drug-likeness (QED) is 0.510. The van der Waals surface area contributed by atoms with E-state index in [2.05, 4.69) is 4.99 Å². The van der Waals surface area contributed by atoms with Gasteiger partial charge in [0, 0.05) is 21.8 Å². The number of carbonyl (C=O) groups is 1. The fourth-order valence-electron chi connectivity index (χ4n) is 3.33. The molecular formula is C20H14Cl2F6N2O. The maximum absolute atomic E-state index is 14.1. The van der Waals surface area contributed by atoms with Crippen molar-refractivity contribution in [1.29, 1.82) is 0 Å². The number of nitrogens with one attached hydrogen (secondary N) is 1. The predicted octanol–water partition coefficient (Wildman–Crippen LogP) is 6.30. The fraction of sp³-hybridized carbons (Fsp3) is 0.300. The van der Waals surface area contributed by atoms with E-state index in [1.165, 1.54) is 42.5 Å². The van der Waals surface area contributed by atoms with E-state index in [-0.39, 0.29) is 21.2 Å². The zero-order valence-electron chi connectivity index (χ0n) is 15.5. The van der Waals surface area contributed by atoms with Crippen LogP contribution in [0.1, 0.15) is 33.9 Å². The molecule has 2 aromatic carbocycles. The second-order valence-electron chi connectivity index (χ2n) is 7.05. The molecule has 166 valence electrons. The summed E-state index contributed by atoms with van der Waals surface area (Å²) >= 11 is 11.8. The standard InChI is InChI=1S/C20H14Cl2F6N2O/c21-14-5-13(6-15(22)7-14)18(20(26,27)28)8-16(29-9-18)11-1-3-12(4-2-11)17(31)30-10-19(23,24)25/h1-7,9,16H,8,10H2,(H,30,31). The molecule has 0 radical (unpaired) electrons. The first-order valence-corrected chi connectivity index (χ1v) is 9.59. The lowest BCUT2D eigenvalue weighted by Crippen LogP contribution is -2.42. The van der Waals surface area contributed by atoms with Crippen LogP contribution in [0.25, 0.3) is 0 Å². The summed E-state index contributed by atoms with van der Waals surface area (Å²) in [5, 5.41) is 1.83. The molecule has 1 N–H and O–H groups in total. The van der Waals surface area contributed by atoms with Gasteiger partial charge >= 0.3 is 12.4 Å². The van der Waals surface area contributed by atoms with Gasteiger partial charge in [-0.05, 0) is 47.9 Å². The van der Waals surface area contributed by atoms with Gasteiger partial charge in [0.1, 0.15) is 12.0 Å². The molecule has 1 aliphatic heterocycles. The third-order valence-corrected chi connectivity index (χ3v) is 5.32. The van der Waals surface area contributed by atoms with Crippen LogP contribution in [0.2, 0.25) is 10.0 Å². The van der Waals surface area contributed by atoms with Crippen molar-refractivity contribution in [2.75, 3.05) is 6.54 Å². The molecule has 0 spiro atoms. The van der Waals surface area contributed by atoms with Gasteiger partial charge in [0.05, 0.1) is 6.04 Å². The molecule has 3 rings (SSSR count). The summed E-state index contributed by atoms with van der Waals surface area (Å²) in [6, 6.07) is 8.01. The van der Waals surface area contributed by atoms with Crippen LogP contribution < -0.4 is 5.32 Å². The highest BCUT2D eigenvalue weighted by molar-refractivity contribution is 6.34. The summed E-state index contributed by atoms with van der Waals surface area (Å²) in [5.74, 6) is -0.947. The Morgan fingerprint density at radius 1 is 1.03 bits per heavy atom. The number of hydrogen-bond acceptors (Lipinski definition) is 2. The first kappa shape index (κ1) is 23.4. The Morgan fingerprint density at radius 3 is 2.13 bits per heavy atom. The molecule has 1 aliphatic rings. The first-order valence-electron chi connectivity index (χ1n) is 8.83. The topological polar surface area (TPSA) is 41.5 Å². The Balaban J connectivity index is 1.83. The highest BCUT2D eigenvalue weighted by Crippen LogP contribution is 2.50. The van der Waals surface area contributed by atoms with Crippen molar-refractivity contribution in [2.45, 2.75) is 30.2 Å². The Kier molecular flexibility index (Phi) is 6.30. The van der Waals surface area contributed by atoms with E-state index in [9.17, 15) is 31.1 Å². The van der Waals surface area contributed by atoms with Crippen LogP contribution in [-0.2, 0) is 5.41 Å². The largest absolute Gasteiger partial charge is 0.405 e. The summed E-state index contributed by atoms with van der Waals surface area (Å²) in [7, 11) is 0. The van der Waals surface area contributed by atoms with Gasteiger partial charge in [-0.1, -0.05) is 35.3 Å². The predicted molar refractivity (Wildman–Crippen MR) is 105 cm³/mol. The zero-order chi connectivity index (χ0) is 23.0. The summed E-state index contributed by atoms with van der Waals surface area (Å²) in [6.45, 7) is -1.49. The van der Waals surface area contributed by atoms with Gasteiger partial charge in [0.2, 0.25) is 0 Å². The monoisotopic (exact) mass is 482 g/mol. The average molecular weight is 483 g/mol. The molecule has 1 heterocycles. The Morgan fingerprint density at radius 2 is 1.61 bits per heavy atom. The van der Waals surface area contributed by atoms with Gasteiger partial charge in [0.15, 0.2) is 0 Å². The molecule has 3 nitrogen and oxygen atoms in total. The number of nitrogens with zero attached hydrogens (tertiary/aromatic N) is 1. The lowest BCUT2D eigenvalue weighted by Gasteiger charge is -2.30. The van der Waals surface area contributed by atoms with E-state index < -0.39 is 42.7 Å². The summed E-state index contributed by atoms with van der Waals surface area (Å²) in [6.07, 6.45) is -8.87. The highest BCUT2D eigenvalue weighted by Gasteiger charge is 2.58. The van der Waals surface area contributed by atoms with Gasteiger partial charge in [-0.2, -0.15) is 26.3 Å². The molecule has 0 aliphatic carbocycles. The van der Waals surface area contributed by atoms with E-state index in [0.29, 0.717) is 5.56 Å². The lowest BCUT2D eigenvalue weighted by atomic mass is 9.77. The normalized spacial score (nSPS) is 21.4. The molecule has 2 atom stereocenters. The van der Waals surface area contributed by atoms with Gasteiger partial charge in [-0.25, -0.2) is 0 Å². The van der Waals surface area contributed by atoms with E-state index >= 15 is 0 Å². The molecule has 11 heteroatoms. The molecule has 0 aromatic heterocycles. The molecule has 1 amide bonds. The zero-order valence-corrected chi connectivity index (χ0v) is 17.0. The lowest BCUT2D eigenvalue weighted by molar-refractivity contribution is -0.168. The number of amides is 1. The van der Waals surface area contributed by atoms with Gasteiger partial charge < -0.3 is 5.32 Å². The molecule has 0 bridgehead atoms. The van der Waals surface area contributed by atoms with Crippen molar-refractivity contribution in [3.05, 3.63) is 69.2 Å². The molecule has 2 aromatic rings. The SMILES string of the molecule is O=C(NCC(F)(F)F)c1ccc(C2CC(c3cc(Cl)cc(Cl)c3)(C(F)(F)F)C=N2)cc1. The van der Waals surface area contributed by atoms with E-state index in [1.54, 1.807) is 5.32 Å². The Labute approximate surface area is 183 Å². The second kappa shape index (κ2) is 8.35. The van der Waals surface area contributed by atoms with Crippen LogP contribution in [-0.4, -0.2) is 31.0 Å². The number of benzene rings is 2. The van der Waals surface area contributed by atoms with Crippen LogP contribution >= 0.6 is 23.2 Å². The number of halogens is 8. The number of aliphatic imine (C=N–C) groups is 1. The molecule has 31 heavy (non-hydrogen) atoms. The van der Waals surface area contributed by atoms with Crippen molar-refractivity contribution in [2.24, 2.45) is 4.99 Å². The molecule has 0 saturated heterocycles. The van der Waals surface area contributed by atoms with Crippen LogP contribution in [0, 0.1) is 0 Å². The van der Waals surface area contributed by atoms with Crippen molar-refractivity contribution in [3.63, 3.8) is 0 Å². The molecule has 2 unspecified atom stereocenters. The maximum atomic E-state index is 14.1. The third-order valence-electron chi connectivity index (χ3n) is 4.88. The van der Waals surface area contributed by atoms with Crippen LogP contribution in [0.3, 0.4) is 0 Å². The number of rotatable bonds is 4. The van der Waals surface area contributed by atoms with Crippen molar-refractivity contribution in [3.8, 4) is 0 Å². The highest BCUT2D eigenvalue weighted by atomic mass is 35.5. The van der Waals surface area contributed by atoms with Crippen molar-refractivity contribution >= 4 is 35.3 Å². The van der Waals surface area contributed by atoms with Gasteiger partial charge in [-0.3, -0.25) is 9.79 Å². The van der Waals surface area contributed by atoms with Crippen molar-refractivity contribution in [1.82, 2.24) is 5.32 Å². The molecule has 0 fully saturated rings. The number of hydrogen-bond donors (Lipinski definition) is 1. The van der Waals surface area contributed by atoms with E-state index in [0.717, 1.165) is 6.21 Å². The Bertz CT molecular complexity index is 984. The van der Waals surface area contributed by atoms with Gasteiger partial charge in [-0.15, -0.1) is 0 Å². The minimum Gasteiger partial charge on any atom is -0.343 e. The van der Waals surface area contributed by atoms with Crippen molar-refractivity contribution < 1.29 is 31.1 Å². The van der Waals surface area contributed by atoms with Crippen LogP contribution in [0.4, 0.5) is 26.3 Å². The smallest absolute Gasteiger partial charge is 0.343 e. The molecule has 0 saturated carbocycles. The maximum Gasteiger partial charge on any atom is 0.405 e. The second-order valence-corrected chi connectivity index (χ2v) is 7.92. The van der Waals surface area contributed by atoms with Crippen LogP contribution in [0.15, 0.2) is 47.5 Å². The minimum absolute atomic E-state index is 0.0530. The Hall–Kier alpha value is -2.26. The third kappa shape index (κ3) is 5.15. The summed E-state index contributed by atoms with van der Waals surface area (Å²) < 4.78 is 78.9. The average Bonchev–Trinajstić information content (AvgIpc) is 3.12. The number of carbonyl (C=O) groups excluding carboxylic acids is 1. The van der Waals surface area contributed by atoms with Crippen LogP contribution in [0.5, 0.6) is 0 Å². The minimum atomic E-state index is -4.68. The molecular weight excluding hydrogens is 469 g/mol. The van der Waals surface area contributed by atoms with E-state index in [1.807, 2.05) is 0 Å². The van der Waals surface area contributed by atoms with E-state index in [4.69, 9.17) is 23.2 Å². The summed E-state index contributed by atoms with van der Waals surface area (Å²) in [5.41, 5.74) is -2.23.